The smallest absolute Gasteiger partial charge is 0.0500 e. The lowest BCUT2D eigenvalue weighted by Crippen LogP contribution is -2.30. The molecule has 1 aromatic heterocycles. The van der Waals surface area contributed by atoms with Crippen LogP contribution in [0.2, 0.25) is 5.02 Å². The highest BCUT2D eigenvalue weighted by Gasteiger charge is 2.17. The third-order valence-corrected chi connectivity index (χ3v) is 3.31. The molecule has 0 fully saturated rings. The first-order chi connectivity index (χ1) is 7.25. The van der Waals surface area contributed by atoms with E-state index in [1.807, 2.05) is 6.07 Å². The molecule has 0 amide bonds. The molecule has 0 aliphatic carbocycles. The van der Waals surface area contributed by atoms with E-state index in [1.165, 1.54) is 16.6 Å². The van der Waals surface area contributed by atoms with E-state index in [9.17, 15) is 0 Å². The lowest BCUT2D eigenvalue weighted by atomic mass is 10.2. The molecule has 3 rings (SSSR count). The van der Waals surface area contributed by atoms with Gasteiger partial charge in [0.2, 0.25) is 0 Å². The van der Waals surface area contributed by atoms with Gasteiger partial charge in [-0.3, -0.25) is 0 Å². The zero-order valence-corrected chi connectivity index (χ0v) is 9.38. The minimum atomic E-state index is 0.504. The maximum atomic E-state index is 6.04. The Morgan fingerprint density at radius 1 is 1.40 bits per heavy atom. The van der Waals surface area contributed by atoms with Crippen molar-refractivity contribution in [1.29, 1.82) is 0 Å². The Kier molecular flexibility index (Phi) is 2.01. The number of nitrogens with one attached hydrogen (secondary N) is 1. The molecule has 1 aliphatic heterocycles. The maximum Gasteiger partial charge on any atom is 0.0500 e. The topological polar surface area (TPSA) is 17.0 Å². The Balaban J connectivity index is 2.33. The molecule has 1 atom stereocenters. The summed E-state index contributed by atoms with van der Waals surface area (Å²) in [4.78, 5) is 0. The summed E-state index contributed by atoms with van der Waals surface area (Å²) in [6.07, 6.45) is 0. The Morgan fingerprint density at radius 2 is 2.27 bits per heavy atom. The Hall–Kier alpha value is -0.990. The minimum absolute atomic E-state index is 0.504. The molecule has 2 aromatic rings. The fourth-order valence-corrected chi connectivity index (χ4v) is 2.57. The Bertz CT molecular complexity index is 516. The summed E-state index contributed by atoms with van der Waals surface area (Å²) in [7, 11) is 0. The van der Waals surface area contributed by atoms with Gasteiger partial charge in [-0.15, -0.1) is 0 Å². The number of benzene rings is 1. The monoisotopic (exact) mass is 220 g/mol. The standard InChI is InChI=1S/C12H13ClN2/c1-8-6-14-7-11-4-9-2-3-10(13)5-12(9)15(8)11/h2-5,8,14H,6-7H2,1H3/t8-/m1/s1. The van der Waals surface area contributed by atoms with E-state index in [4.69, 9.17) is 11.6 Å². The molecule has 0 spiro atoms. The van der Waals surface area contributed by atoms with Gasteiger partial charge >= 0.3 is 0 Å². The van der Waals surface area contributed by atoms with Crippen LogP contribution in [0.4, 0.5) is 0 Å². The van der Waals surface area contributed by atoms with Gasteiger partial charge in [0.1, 0.15) is 0 Å². The summed E-state index contributed by atoms with van der Waals surface area (Å²) in [6, 6.07) is 8.85. The summed E-state index contributed by atoms with van der Waals surface area (Å²) in [5, 5.41) is 5.51. The van der Waals surface area contributed by atoms with Crippen molar-refractivity contribution in [2.24, 2.45) is 0 Å². The number of rotatable bonds is 0. The normalized spacial score (nSPS) is 20.5. The van der Waals surface area contributed by atoms with Gasteiger partial charge in [-0.1, -0.05) is 17.7 Å². The van der Waals surface area contributed by atoms with Gasteiger partial charge in [0.05, 0.1) is 5.52 Å². The number of hydrogen-bond acceptors (Lipinski definition) is 1. The third kappa shape index (κ3) is 1.36. The first kappa shape index (κ1) is 9.25. The van der Waals surface area contributed by atoms with E-state index < -0.39 is 0 Å². The van der Waals surface area contributed by atoms with Gasteiger partial charge in [-0.2, -0.15) is 0 Å². The van der Waals surface area contributed by atoms with Gasteiger partial charge in [-0.05, 0) is 25.1 Å². The van der Waals surface area contributed by atoms with Crippen LogP contribution in [0.15, 0.2) is 24.3 Å². The van der Waals surface area contributed by atoms with Gasteiger partial charge in [0.15, 0.2) is 0 Å². The lowest BCUT2D eigenvalue weighted by molar-refractivity contribution is 0.439. The first-order valence-corrected chi connectivity index (χ1v) is 5.63. The van der Waals surface area contributed by atoms with Crippen LogP contribution in [-0.4, -0.2) is 11.1 Å². The van der Waals surface area contributed by atoms with Crippen LogP contribution < -0.4 is 5.32 Å². The zero-order valence-electron chi connectivity index (χ0n) is 8.63. The summed E-state index contributed by atoms with van der Waals surface area (Å²) in [6.45, 7) is 4.22. The average Bonchev–Trinajstić information content (AvgIpc) is 2.57. The highest BCUT2D eigenvalue weighted by Crippen LogP contribution is 2.28. The van der Waals surface area contributed by atoms with E-state index in [2.05, 4.69) is 35.0 Å². The second-order valence-corrected chi connectivity index (χ2v) is 4.63. The van der Waals surface area contributed by atoms with Crippen LogP contribution in [0.3, 0.4) is 0 Å². The summed E-state index contributed by atoms with van der Waals surface area (Å²) in [5.74, 6) is 0. The van der Waals surface area contributed by atoms with Gasteiger partial charge in [0.25, 0.3) is 0 Å². The lowest BCUT2D eigenvalue weighted by Gasteiger charge is -2.24. The van der Waals surface area contributed by atoms with Crippen molar-refractivity contribution in [1.82, 2.24) is 9.88 Å². The predicted molar refractivity (Wildman–Crippen MR) is 63.4 cm³/mol. The van der Waals surface area contributed by atoms with Crippen LogP contribution in [0.5, 0.6) is 0 Å². The molecule has 0 saturated carbocycles. The number of hydrogen-bond donors (Lipinski definition) is 1. The molecule has 0 radical (unpaired) electrons. The zero-order chi connectivity index (χ0) is 10.4. The number of aromatic nitrogens is 1. The maximum absolute atomic E-state index is 6.04. The van der Waals surface area contributed by atoms with Crippen molar-refractivity contribution in [3.63, 3.8) is 0 Å². The highest BCUT2D eigenvalue weighted by molar-refractivity contribution is 6.31. The van der Waals surface area contributed by atoms with Crippen LogP contribution in [0, 0.1) is 0 Å². The number of nitrogens with zero attached hydrogens (tertiary/aromatic N) is 1. The van der Waals surface area contributed by atoms with Gasteiger partial charge < -0.3 is 9.88 Å². The quantitative estimate of drug-likeness (QED) is 0.723. The van der Waals surface area contributed by atoms with Crippen LogP contribution in [0.25, 0.3) is 10.9 Å². The molecule has 0 bridgehead atoms. The Labute approximate surface area is 93.8 Å². The average molecular weight is 221 g/mol. The Morgan fingerprint density at radius 3 is 3.13 bits per heavy atom. The predicted octanol–water partition coefficient (Wildman–Crippen LogP) is 2.96. The molecule has 1 N–H and O–H groups in total. The second-order valence-electron chi connectivity index (χ2n) is 4.19. The molecule has 2 heterocycles. The summed E-state index contributed by atoms with van der Waals surface area (Å²) in [5.41, 5.74) is 2.61. The molecular weight excluding hydrogens is 208 g/mol. The van der Waals surface area contributed by atoms with E-state index in [-0.39, 0.29) is 0 Å². The fourth-order valence-electron chi connectivity index (χ4n) is 2.41. The van der Waals surface area contributed by atoms with Crippen molar-refractivity contribution in [3.8, 4) is 0 Å². The fraction of sp³-hybridized carbons (Fsp3) is 0.333. The number of halogens is 1. The molecular formula is C12H13ClN2. The minimum Gasteiger partial charge on any atom is -0.339 e. The van der Waals surface area contributed by atoms with E-state index >= 15 is 0 Å². The number of fused-ring (bicyclic) bond motifs is 3. The van der Waals surface area contributed by atoms with Crippen molar-refractivity contribution < 1.29 is 0 Å². The van der Waals surface area contributed by atoms with Crippen LogP contribution in [-0.2, 0) is 6.54 Å². The van der Waals surface area contributed by atoms with E-state index in [0.29, 0.717) is 6.04 Å². The molecule has 1 aliphatic rings. The van der Waals surface area contributed by atoms with Gasteiger partial charge in [-0.25, -0.2) is 0 Å². The van der Waals surface area contributed by atoms with Crippen molar-refractivity contribution in [3.05, 3.63) is 35.0 Å². The molecule has 0 unspecified atom stereocenters. The largest absolute Gasteiger partial charge is 0.339 e. The first-order valence-electron chi connectivity index (χ1n) is 5.26. The SMILES string of the molecule is C[C@@H]1CNCc2cc3ccc(Cl)cc3n21. The molecule has 78 valence electrons. The molecule has 1 aromatic carbocycles. The van der Waals surface area contributed by atoms with Crippen molar-refractivity contribution >= 4 is 22.5 Å². The van der Waals surface area contributed by atoms with Gasteiger partial charge in [0, 0.05) is 35.2 Å². The molecule has 0 saturated heterocycles. The molecule has 2 nitrogen and oxygen atoms in total. The van der Waals surface area contributed by atoms with E-state index in [0.717, 1.165) is 18.1 Å². The molecule has 3 heteroatoms. The second kappa shape index (κ2) is 3.26. The van der Waals surface area contributed by atoms with E-state index in [1.54, 1.807) is 0 Å². The third-order valence-electron chi connectivity index (χ3n) is 3.07. The summed E-state index contributed by atoms with van der Waals surface area (Å²) >= 11 is 6.04. The molecule has 15 heavy (non-hydrogen) atoms. The highest BCUT2D eigenvalue weighted by atomic mass is 35.5. The van der Waals surface area contributed by atoms with Crippen LogP contribution in [0.1, 0.15) is 18.7 Å². The van der Waals surface area contributed by atoms with Crippen molar-refractivity contribution in [2.75, 3.05) is 6.54 Å². The van der Waals surface area contributed by atoms with Crippen LogP contribution >= 0.6 is 11.6 Å². The summed E-state index contributed by atoms with van der Waals surface area (Å²) < 4.78 is 2.39. The van der Waals surface area contributed by atoms with Crippen molar-refractivity contribution in [2.45, 2.75) is 19.5 Å².